The summed E-state index contributed by atoms with van der Waals surface area (Å²) in [5.41, 5.74) is 1.08. The van der Waals surface area contributed by atoms with Crippen molar-refractivity contribution in [1.82, 2.24) is 0 Å². The Bertz CT molecular complexity index is 208. The summed E-state index contributed by atoms with van der Waals surface area (Å²) >= 11 is 0. The third kappa shape index (κ3) is 2.50. The molecule has 0 spiro atoms. The van der Waals surface area contributed by atoms with E-state index in [0.717, 1.165) is 11.8 Å². The molecule has 0 heterocycles. The lowest BCUT2D eigenvalue weighted by molar-refractivity contribution is -0.108. The normalized spacial score (nSPS) is 11.4. The van der Waals surface area contributed by atoms with Crippen LogP contribution in [-0.4, -0.2) is 6.29 Å². The minimum absolute atomic E-state index is 0. The van der Waals surface area contributed by atoms with Crippen molar-refractivity contribution in [2.45, 2.75) is 12.8 Å². The van der Waals surface area contributed by atoms with Gasteiger partial charge in [0, 0.05) is 5.92 Å². The van der Waals surface area contributed by atoms with Crippen molar-refractivity contribution in [2.75, 3.05) is 0 Å². The lowest BCUT2D eigenvalue weighted by atomic mass is 10.0. The maximum absolute atomic E-state index is 10.3. The highest BCUT2D eigenvalue weighted by molar-refractivity contribution is 5.61. The molecule has 0 aliphatic carbocycles. The van der Waals surface area contributed by atoms with Crippen molar-refractivity contribution < 1.29 is 9.50 Å². The van der Waals surface area contributed by atoms with Crippen LogP contribution in [0.1, 0.15) is 18.4 Å². The zero-order chi connectivity index (χ0) is 7.40. The highest BCUT2D eigenvalue weighted by Crippen LogP contribution is 2.10. The lowest BCUT2D eigenvalue weighted by Gasteiger charge is -2.00. The Kier molecular flexibility index (Phi) is 4.11. The molecular weight excluding hydrogens is 143 g/mol. The fourth-order valence-electron chi connectivity index (χ4n) is 0.835. The maximum atomic E-state index is 10.3. The SMILES string of the molecule is CC(C=O)c1ccccc1.F. The quantitative estimate of drug-likeness (QED) is 0.596. The highest BCUT2D eigenvalue weighted by Gasteiger charge is 1.99. The molecule has 0 amide bonds. The van der Waals surface area contributed by atoms with Crippen molar-refractivity contribution in [3.63, 3.8) is 0 Å². The van der Waals surface area contributed by atoms with Crippen molar-refractivity contribution >= 4 is 6.29 Å². The second-order valence-electron chi connectivity index (χ2n) is 2.34. The van der Waals surface area contributed by atoms with Gasteiger partial charge in [0.2, 0.25) is 0 Å². The van der Waals surface area contributed by atoms with E-state index in [2.05, 4.69) is 0 Å². The predicted molar refractivity (Wildman–Crippen MR) is 43.4 cm³/mol. The maximum Gasteiger partial charge on any atom is 0.127 e. The Morgan fingerprint density at radius 3 is 2.27 bits per heavy atom. The number of halogens is 1. The van der Waals surface area contributed by atoms with Gasteiger partial charge in [0.15, 0.2) is 0 Å². The van der Waals surface area contributed by atoms with Gasteiger partial charge in [0.1, 0.15) is 6.29 Å². The van der Waals surface area contributed by atoms with Gasteiger partial charge < -0.3 is 4.79 Å². The zero-order valence-electron chi connectivity index (χ0n) is 6.36. The summed E-state index contributed by atoms with van der Waals surface area (Å²) in [6.07, 6.45) is 0.954. The van der Waals surface area contributed by atoms with E-state index in [1.165, 1.54) is 0 Å². The monoisotopic (exact) mass is 154 g/mol. The Hall–Kier alpha value is -1.18. The molecule has 0 aliphatic heterocycles. The molecular formula is C9H11FO. The number of benzene rings is 1. The van der Waals surface area contributed by atoms with Crippen LogP contribution < -0.4 is 0 Å². The van der Waals surface area contributed by atoms with Crippen LogP contribution in [0.3, 0.4) is 0 Å². The molecule has 1 unspecified atom stereocenters. The van der Waals surface area contributed by atoms with Crippen molar-refractivity contribution in [3.8, 4) is 0 Å². The van der Waals surface area contributed by atoms with Crippen LogP contribution in [0.5, 0.6) is 0 Å². The van der Waals surface area contributed by atoms with E-state index >= 15 is 0 Å². The van der Waals surface area contributed by atoms with Gasteiger partial charge in [0.05, 0.1) is 0 Å². The molecule has 1 atom stereocenters. The van der Waals surface area contributed by atoms with Gasteiger partial charge in [-0.1, -0.05) is 37.3 Å². The van der Waals surface area contributed by atoms with E-state index in [9.17, 15) is 4.79 Å². The molecule has 1 nitrogen and oxygen atoms in total. The second kappa shape index (κ2) is 4.61. The van der Waals surface area contributed by atoms with E-state index in [1.807, 2.05) is 37.3 Å². The van der Waals surface area contributed by atoms with Crippen LogP contribution in [0.2, 0.25) is 0 Å². The van der Waals surface area contributed by atoms with E-state index in [0.29, 0.717) is 0 Å². The van der Waals surface area contributed by atoms with Gasteiger partial charge in [-0.15, -0.1) is 0 Å². The molecule has 0 radical (unpaired) electrons. The van der Waals surface area contributed by atoms with Crippen LogP contribution in [0.25, 0.3) is 0 Å². The van der Waals surface area contributed by atoms with Crippen molar-refractivity contribution in [1.29, 1.82) is 0 Å². The number of carbonyl (C=O) groups excluding carboxylic acids is 1. The minimum atomic E-state index is 0. The number of aldehydes is 1. The first kappa shape index (κ1) is 9.82. The largest absolute Gasteiger partial charge is 0.303 e. The molecule has 0 aliphatic rings. The molecule has 2 heteroatoms. The lowest BCUT2D eigenvalue weighted by Crippen LogP contribution is -1.92. The molecule has 1 aromatic carbocycles. The first-order chi connectivity index (χ1) is 4.84. The first-order valence-corrected chi connectivity index (χ1v) is 3.35. The van der Waals surface area contributed by atoms with Gasteiger partial charge in [-0.2, -0.15) is 0 Å². The van der Waals surface area contributed by atoms with Crippen LogP contribution in [0.15, 0.2) is 30.3 Å². The summed E-state index contributed by atoms with van der Waals surface area (Å²) in [5.74, 6) is 0.0289. The van der Waals surface area contributed by atoms with Crippen LogP contribution in [0, 0.1) is 0 Å². The van der Waals surface area contributed by atoms with E-state index in [4.69, 9.17) is 0 Å². The summed E-state index contributed by atoms with van der Waals surface area (Å²) in [5, 5.41) is 0. The summed E-state index contributed by atoms with van der Waals surface area (Å²) in [6, 6.07) is 9.74. The topological polar surface area (TPSA) is 17.1 Å². The fraction of sp³-hybridized carbons (Fsp3) is 0.222. The molecule has 0 bridgehead atoms. The smallest absolute Gasteiger partial charge is 0.127 e. The molecule has 0 saturated heterocycles. The van der Waals surface area contributed by atoms with Gasteiger partial charge in [-0.3, -0.25) is 4.70 Å². The van der Waals surface area contributed by atoms with Crippen molar-refractivity contribution in [2.24, 2.45) is 0 Å². The summed E-state index contributed by atoms with van der Waals surface area (Å²) in [4.78, 5) is 10.3. The van der Waals surface area contributed by atoms with Gasteiger partial charge >= 0.3 is 0 Å². The summed E-state index contributed by atoms with van der Waals surface area (Å²) < 4.78 is 0. The van der Waals surface area contributed by atoms with Crippen molar-refractivity contribution in [3.05, 3.63) is 35.9 Å². The van der Waals surface area contributed by atoms with Crippen LogP contribution in [-0.2, 0) is 4.79 Å². The molecule has 60 valence electrons. The standard InChI is InChI=1S/C9H10O.FH/c1-8(7-10)9-5-3-2-4-6-9;/h2-8H,1H3;1H. The summed E-state index contributed by atoms with van der Waals surface area (Å²) in [7, 11) is 0. The average molecular weight is 154 g/mol. The number of hydrogen-bond donors (Lipinski definition) is 0. The van der Waals surface area contributed by atoms with Gasteiger partial charge in [-0.25, -0.2) is 0 Å². The Balaban J connectivity index is 0.000001000. The number of hydrogen-bond acceptors (Lipinski definition) is 1. The van der Waals surface area contributed by atoms with Gasteiger partial charge in [0.25, 0.3) is 0 Å². The van der Waals surface area contributed by atoms with E-state index in [1.54, 1.807) is 0 Å². The van der Waals surface area contributed by atoms with Crippen LogP contribution in [0.4, 0.5) is 4.70 Å². The van der Waals surface area contributed by atoms with E-state index in [-0.39, 0.29) is 10.6 Å². The van der Waals surface area contributed by atoms with Gasteiger partial charge in [-0.05, 0) is 5.56 Å². The second-order valence-corrected chi connectivity index (χ2v) is 2.34. The molecule has 0 fully saturated rings. The zero-order valence-corrected chi connectivity index (χ0v) is 6.36. The average Bonchev–Trinajstić information content (AvgIpc) is 2.05. The molecule has 1 aromatic rings. The Labute approximate surface area is 65.4 Å². The minimum Gasteiger partial charge on any atom is -0.303 e. The fourth-order valence-corrected chi connectivity index (χ4v) is 0.835. The Morgan fingerprint density at radius 1 is 1.27 bits per heavy atom. The molecule has 1 rings (SSSR count). The molecule has 0 N–H and O–H groups in total. The molecule has 0 saturated carbocycles. The van der Waals surface area contributed by atoms with E-state index < -0.39 is 0 Å². The number of carbonyl (C=O) groups is 1. The highest BCUT2D eigenvalue weighted by atomic mass is 19.0. The van der Waals surface area contributed by atoms with Crippen LogP contribution >= 0.6 is 0 Å². The predicted octanol–water partition coefficient (Wildman–Crippen LogP) is 2.14. The molecule has 0 aromatic heterocycles. The molecule has 11 heavy (non-hydrogen) atoms. The Morgan fingerprint density at radius 2 is 1.82 bits per heavy atom. The summed E-state index contributed by atoms with van der Waals surface area (Å²) in [6.45, 7) is 1.89. The third-order valence-electron chi connectivity index (χ3n) is 1.53. The first-order valence-electron chi connectivity index (χ1n) is 3.35. The number of rotatable bonds is 2. The third-order valence-corrected chi connectivity index (χ3v) is 1.53.